The Bertz CT molecular complexity index is 1410. The number of aromatic nitrogens is 2. The molecule has 0 spiro atoms. The monoisotopic (exact) mass is 471 g/mol. The molecule has 0 bridgehead atoms. The molecule has 7 heteroatoms. The fraction of sp³-hybridized carbons (Fsp3) is 0.286. The van der Waals surface area contributed by atoms with Gasteiger partial charge in [-0.15, -0.1) is 0 Å². The van der Waals surface area contributed by atoms with Gasteiger partial charge in [-0.3, -0.25) is 9.36 Å². The van der Waals surface area contributed by atoms with Gasteiger partial charge in [0.25, 0.3) is 0 Å². The van der Waals surface area contributed by atoms with E-state index in [1.165, 1.54) is 18.2 Å². The van der Waals surface area contributed by atoms with Crippen molar-refractivity contribution in [1.82, 2.24) is 9.55 Å². The van der Waals surface area contributed by atoms with Crippen molar-refractivity contribution in [2.45, 2.75) is 32.7 Å². The molecule has 180 valence electrons. The maximum atomic E-state index is 12.0. The molecule has 1 aliphatic rings. The molecule has 0 fully saturated rings. The quantitative estimate of drug-likeness (QED) is 0.375. The third kappa shape index (κ3) is 4.07. The second-order valence-corrected chi connectivity index (χ2v) is 8.63. The maximum Gasteiger partial charge on any atom is 0.316 e. The highest BCUT2D eigenvalue weighted by atomic mass is 16.5. The number of benzene rings is 3. The van der Waals surface area contributed by atoms with Gasteiger partial charge in [-0.1, -0.05) is 25.1 Å². The van der Waals surface area contributed by atoms with E-state index in [9.17, 15) is 4.79 Å². The number of nitrogens with zero attached hydrogens (tertiary/aromatic N) is 2. The van der Waals surface area contributed by atoms with Gasteiger partial charge in [-0.25, -0.2) is 4.98 Å². The molecule has 0 saturated heterocycles. The number of carbonyl (C=O) groups excluding carboxylic acids is 1. The molecule has 3 aromatic carbocycles. The van der Waals surface area contributed by atoms with Crippen LogP contribution in [0.2, 0.25) is 0 Å². The number of hydrogen-bond acceptors (Lipinski definition) is 6. The van der Waals surface area contributed by atoms with E-state index in [4.69, 9.17) is 19.2 Å². The van der Waals surface area contributed by atoms with Crippen LogP contribution in [0.5, 0.6) is 11.5 Å². The van der Waals surface area contributed by atoms with Gasteiger partial charge < -0.3 is 19.5 Å². The van der Waals surface area contributed by atoms with Crippen LogP contribution in [-0.4, -0.2) is 36.3 Å². The van der Waals surface area contributed by atoms with Crippen molar-refractivity contribution in [1.29, 1.82) is 0 Å². The summed E-state index contributed by atoms with van der Waals surface area (Å²) in [5.74, 6) is 1.91. The zero-order valence-corrected chi connectivity index (χ0v) is 20.4. The lowest BCUT2D eigenvalue weighted by molar-refractivity contribution is -0.142. The first-order chi connectivity index (χ1) is 17.0. The van der Waals surface area contributed by atoms with Gasteiger partial charge in [0.1, 0.15) is 29.8 Å². The second kappa shape index (κ2) is 9.33. The lowest BCUT2D eigenvalue weighted by Gasteiger charge is -2.16. The molecule has 4 aromatic rings. The number of rotatable bonds is 7. The van der Waals surface area contributed by atoms with Gasteiger partial charge in [-0.05, 0) is 42.3 Å². The van der Waals surface area contributed by atoms with E-state index >= 15 is 0 Å². The summed E-state index contributed by atoms with van der Waals surface area (Å²) in [5, 5.41) is 3.51. The Labute approximate surface area is 204 Å². The number of aryl methyl sites for hydroxylation is 1. The van der Waals surface area contributed by atoms with Crippen LogP contribution in [-0.2, 0) is 22.5 Å². The largest absolute Gasteiger partial charge is 0.497 e. The average molecular weight is 472 g/mol. The van der Waals surface area contributed by atoms with E-state index in [-0.39, 0.29) is 11.9 Å². The topological polar surface area (TPSA) is 74.6 Å². The summed E-state index contributed by atoms with van der Waals surface area (Å²) in [7, 11) is 3.07. The summed E-state index contributed by atoms with van der Waals surface area (Å²) in [5.41, 5.74) is 7.29. The normalized spacial score (nSPS) is 14.5. The van der Waals surface area contributed by atoms with Crippen LogP contribution in [0, 0.1) is 6.92 Å². The summed E-state index contributed by atoms with van der Waals surface area (Å²) in [6, 6.07) is 18.2. The summed E-state index contributed by atoms with van der Waals surface area (Å²) < 4.78 is 18.3. The first-order valence-corrected chi connectivity index (χ1v) is 11.8. The molecule has 1 unspecified atom stereocenters. The summed E-state index contributed by atoms with van der Waals surface area (Å²) in [6.07, 6.45) is 0.820. The number of fused-ring (bicyclic) bond motifs is 2. The standard InChI is InChI=1S/C28H29N3O4/c1-5-27-30-23-14-20(33-3)10-12-25(23)31(27)24-8-6-7-18(17(24)2)15-29-19-9-11-21-22(28(32)34-4)16-35-26(21)13-19/h6-14,22,29H,5,15-16H2,1-4H3. The third-order valence-corrected chi connectivity index (χ3v) is 6.67. The minimum Gasteiger partial charge on any atom is -0.497 e. The van der Waals surface area contributed by atoms with Gasteiger partial charge in [-0.2, -0.15) is 0 Å². The molecule has 7 nitrogen and oxygen atoms in total. The van der Waals surface area contributed by atoms with Crippen LogP contribution >= 0.6 is 0 Å². The van der Waals surface area contributed by atoms with Crippen LogP contribution < -0.4 is 14.8 Å². The SMILES string of the molecule is CCc1nc2cc(OC)ccc2n1-c1cccc(CNc2ccc3c(c2)OCC3C(=O)OC)c1C. The predicted octanol–water partition coefficient (Wildman–Crippen LogP) is 5.17. The number of anilines is 1. The second-order valence-electron chi connectivity index (χ2n) is 8.63. The van der Waals surface area contributed by atoms with E-state index in [0.29, 0.717) is 13.2 Å². The zero-order chi connectivity index (χ0) is 24.5. The number of hydrogen-bond donors (Lipinski definition) is 1. The van der Waals surface area contributed by atoms with Gasteiger partial charge in [0, 0.05) is 36.3 Å². The van der Waals surface area contributed by atoms with E-state index in [1.54, 1.807) is 7.11 Å². The Kier molecular flexibility index (Phi) is 6.07. The van der Waals surface area contributed by atoms with E-state index in [1.807, 2.05) is 30.3 Å². The Morgan fingerprint density at radius 3 is 2.80 bits per heavy atom. The molecule has 0 radical (unpaired) electrons. The molecular formula is C28H29N3O4. The minimum atomic E-state index is -0.360. The van der Waals surface area contributed by atoms with E-state index < -0.39 is 0 Å². The fourth-order valence-electron chi connectivity index (χ4n) is 4.70. The van der Waals surface area contributed by atoms with E-state index in [2.05, 4.69) is 48.0 Å². The Morgan fingerprint density at radius 1 is 1.17 bits per heavy atom. The van der Waals surface area contributed by atoms with Crippen LogP contribution in [0.25, 0.3) is 16.7 Å². The average Bonchev–Trinajstić information content (AvgIpc) is 3.48. The number of esters is 1. The van der Waals surface area contributed by atoms with Crippen LogP contribution in [0.4, 0.5) is 5.69 Å². The number of methoxy groups -OCH3 is 2. The minimum absolute atomic E-state index is 0.270. The fourth-order valence-corrected chi connectivity index (χ4v) is 4.70. The number of carbonyl (C=O) groups is 1. The smallest absolute Gasteiger partial charge is 0.316 e. The van der Waals surface area contributed by atoms with Crippen molar-refractivity contribution in [3.63, 3.8) is 0 Å². The Morgan fingerprint density at radius 2 is 2.03 bits per heavy atom. The van der Waals surface area contributed by atoms with Crippen LogP contribution in [0.1, 0.15) is 35.4 Å². The molecule has 1 N–H and O–H groups in total. The molecule has 35 heavy (non-hydrogen) atoms. The molecule has 0 amide bonds. The molecule has 1 atom stereocenters. The van der Waals surface area contributed by atoms with Crippen molar-refractivity contribution in [2.24, 2.45) is 0 Å². The summed E-state index contributed by atoms with van der Waals surface area (Å²) >= 11 is 0. The molecule has 1 aromatic heterocycles. The van der Waals surface area contributed by atoms with Crippen LogP contribution in [0.3, 0.4) is 0 Å². The first-order valence-electron chi connectivity index (χ1n) is 11.8. The highest BCUT2D eigenvalue weighted by Gasteiger charge is 2.31. The lowest BCUT2D eigenvalue weighted by Crippen LogP contribution is -2.15. The number of imidazole rings is 1. The lowest BCUT2D eigenvalue weighted by atomic mass is 10.0. The molecule has 0 aliphatic carbocycles. The third-order valence-electron chi connectivity index (χ3n) is 6.67. The Hall–Kier alpha value is -4.00. The molecular weight excluding hydrogens is 442 g/mol. The molecule has 2 heterocycles. The summed E-state index contributed by atoms with van der Waals surface area (Å²) in [6.45, 7) is 5.24. The maximum absolute atomic E-state index is 12.0. The Balaban J connectivity index is 1.42. The first kappa shape index (κ1) is 22.8. The van der Waals surface area contributed by atoms with Crippen molar-refractivity contribution in [2.75, 3.05) is 26.1 Å². The molecule has 0 saturated carbocycles. The molecule has 5 rings (SSSR count). The van der Waals surface area contributed by atoms with Crippen molar-refractivity contribution >= 4 is 22.7 Å². The predicted molar refractivity (Wildman–Crippen MR) is 136 cm³/mol. The van der Waals surface area contributed by atoms with Gasteiger partial charge in [0.05, 0.1) is 30.9 Å². The zero-order valence-electron chi connectivity index (χ0n) is 20.4. The molecule has 1 aliphatic heterocycles. The van der Waals surface area contributed by atoms with Crippen molar-refractivity contribution < 1.29 is 19.0 Å². The van der Waals surface area contributed by atoms with Crippen molar-refractivity contribution in [3.8, 4) is 17.2 Å². The van der Waals surface area contributed by atoms with Gasteiger partial charge in [0.2, 0.25) is 0 Å². The number of ether oxygens (including phenoxy) is 3. The van der Waals surface area contributed by atoms with E-state index in [0.717, 1.165) is 51.7 Å². The highest BCUT2D eigenvalue weighted by Crippen LogP contribution is 2.37. The van der Waals surface area contributed by atoms with Crippen molar-refractivity contribution in [3.05, 3.63) is 77.1 Å². The van der Waals surface area contributed by atoms with Crippen LogP contribution in [0.15, 0.2) is 54.6 Å². The summed E-state index contributed by atoms with van der Waals surface area (Å²) in [4.78, 5) is 16.8. The highest BCUT2D eigenvalue weighted by molar-refractivity contribution is 5.81. The van der Waals surface area contributed by atoms with Gasteiger partial charge >= 0.3 is 5.97 Å². The van der Waals surface area contributed by atoms with Gasteiger partial charge in [0.15, 0.2) is 0 Å². The number of nitrogens with one attached hydrogen (secondary N) is 1.